The van der Waals surface area contributed by atoms with E-state index >= 15 is 0 Å². The molecule has 0 saturated heterocycles. The van der Waals surface area contributed by atoms with Gasteiger partial charge < -0.3 is 5.32 Å². The quantitative estimate of drug-likeness (QED) is 0.655. The van der Waals surface area contributed by atoms with Gasteiger partial charge in [-0.1, -0.05) is 18.2 Å². The largest absolute Gasteiger partial charge is 0.313 e. The average Bonchev–Trinajstić information content (AvgIpc) is 2.06. The topological polar surface area (TPSA) is 12.0 Å². The zero-order valence-electron chi connectivity index (χ0n) is 7.05. The van der Waals surface area contributed by atoms with Gasteiger partial charge in [-0.3, -0.25) is 0 Å². The Kier molecular flexibility index (Phi) is 2.69. The molecule has 1 aliphatic rings. The summed E-state index contributed by atoms with van der Waals surface area (Å²) in [4.78, 5) is 1.45. The molecular weight excluding hydrogens is 166 g/mol. The Labute approximate surface area is 77.6 Å². The maximum atomic E-state index is 3.43. The van der Waals surface area contributed by atoms with Crippen molar-refractivity contribution in [1.82, 2.24) is 5.32 Å². The maximum Gasteiger partial charge on any atom is 0.0216 e. The first-order chi connectivity index (χ1) is 5.97. The molecule has 12 heavy (non-hydrogen) atoms. The van der Waals surface area contributed by atoms with Crippen LogP contribution in [-0.4, -0.2) is 12.3 Å². The highest BCUT2D eigenvalue weighted by Crippen LogP contribution is 2.24. The summed E-state index contributed by atoms with van der Waals surface area (Å²) in [7, 11) is 0. The van der Waals surface area contributed by atoms with Gasteiger partial charge in [0.1, 0.15) is 0 Å². The average molecular weight is 179 g/mol. The highest BCUT2D eigenvalue weighted by Gasteiger charge is 2.04. The van der Waals surface area contributed by atoms with Gasteiger partial charge in [0.25, 0.3) is 0 Å². The second kappa shape index (κ2) is 3.97. The highest BCUT2D eigenvalue weighted by molar-refractivity contribution is 7.99. The number of benzene rings is 1. The van der Waals surface area contributed by atoms with Crippen LogP contribution in [0.15, 0.2) is 29.2 Å². The Morgan fingerprint density at radius 1 is 1.25 bits per heavy atom. The molecule has 1 nitrogen and oxygen atoms in total. The van der Waals surface area contributed by atoms with E-state index in [4.69, 9.17) is 0 Å². The van der Waals surface area contributed by atoms with Crippen LogP contribution >= 0.6 is 11.8 Å². The molecule has 1 aromatic carbocycles. The number of rotatable bonds is 0. The highest BCUT2D eigenvalue weighted by atomic mass is 32.2. The molecule has 0 unspecified atom stereocenters. The van der Waals surface area contributed by atoms with Crippen LogP contribution in [0.4, 0.5) is 0 Å². The van der Waals surface area contributed by atoms with Gasteiger partial charge in [-0.05, 0) is 30.3 Å². The molecule has 0 amide bonds. The van der Waals surface area contributed by atoms with Crippen LogP contribution in [0.1, 0.15) is 12.0 Å². The van der Waals surface area contributed by atoms with Gasteiger partial charge in [0.05, 0.1) is 0 Å². The molecule has 0 aliphatic carbocycles. The third kappa shape index (κ3) is 1.82. The number of thioether (sulfide) groups is 1. The molecule has 0 saturated carbocycles. The number of fused-ring (bicyclic) bond motifs is 1. The molecule has 0 radical (unpaired) electrons. The van der Waals surface area contributed by atoms with E-state index in [2.05, 4.69) is 29.6 Å². The summed E-state index contributed by atoms with van der Waals surface area (Å²) in [6, 6.07) is 8.66. The van der Waals surface area contributed by atoms with Crippen LogP contribution in [-0.2, 0) is 6.54 Å². The minimum Gasteiger partial charge on any atom is -0.313 e. The summed E-state index contributed by atoms with van der Waals surface area (Å²) in [5, 5.41) is 3.43. The molecule has 2 rings (SSSR count). The monoisotopic (exact) mass is 179 g/mol. The number of hydrogen-bond donors (Lipinski definition) is 1. The fraction of sp³-hybridized carbons (Fsp3) is 0.400. The maximum absolute atomic E-state index is 3.43. The van der Waals surface area contributed by atoms with Crippen LogP contribution in [0.3, 0.4) is 0 Å². The second-order valence-electron chi connectivity index (χ2n) is 2.99. The molecule has 0 aromatic heterocycles. The summed E-state index contributed by atoms with van der Waals surface area (Å²) in [5.41, 5.74) is 1.45. The summed E-state index contributed by atoms with van der Waals surface area (Å²) in [6.07, 6.45) is 1.28. The smallest absolute Gasteiger partial charge is 0.0216 e. The fourth-order valence-electron chi connectivity index (χ4n) is 1.39. The van der Waals surface area contributed by atoms with E-state index in [1.165, 1.54) is 22.6 Å². The molecule has 0 spiro atoms. The molecule has 0 atom stereocenters. The molecule has 2 heteroatoms. The van der Waals surface area contributed by atoms with Gasteiger partial charge >= 0.3 is 0 Å². The molecular formula is C10H13NS. The van der Waals surface area contributed by atoms with E-state index in [-0.39, 0.29) is 0 Å². The fourth-order valence-corrected chi connectivity index (χ4v) is 2.40. The van der Waals surface area contributed by atoms with Crippen LogP contribution < -0.4 is 5.32 Å². The van der Waals surface area contributed by atoms with Crippen molar-refractivity contribution in [2.75, 3.05) is 12.3 Å². The first-order valence-electron chi connectivity index (χ1n) is 4.38. The minimum atomic E-state index is 1.03. The Morgan fingerprint density at radius 3 is 3.17 bits per heavy atom. The molecule has 1 aliphatic heterocycles. The predicted octanol–water partition coefficient (Wildman–Crippen LogP) is 2.27. The van der Waals surface area contributed by atoms with E-state index in [9.17, 15) is 0 Å². The van der Waals surface area contributed by atoms with E-state index in [0.29, 0.717) is 0 Å². The number of nitrogens with one attached hydrogen (secondary N) is 1. The lowest BCUT2D eigenvalue weighted by atomic mass is 10.2. The van der Waals surface area contributed by atoms with Crippen LogP contribution in [0.5, 0.6) is 0 Å². The van der Waals surface area contributed by atoms with Crippen LogP contribution in [0.25, 0.3) is 0 Å². The van der Waals surface area contributed by atoms with E-state index < -0.39 is 0 Å². The third-order valence-corrected chi connectivity index (χ3v) is 3.25. The van der Waals surface area contributed by atoms with Gasteiger partial charge in [-0.15, -0.1) is 11.8 Å². The van der Waals surface area contributed by atoms with Gasteiger partial charge in [-0.2, -0.15) is 0 Å². The van der Waals surface area contributed by atoms with E-state index in [1.807, 2.05) is 11.8 Å². The summed E-state index contributed by atoms with van der Waals surface area (Å²) < 4.78 is 0. The third-order valence-electron chi connectivity index (χ3n) is 2.04. The Hall–Kier alpha value is -0.470. The Morgan fingerprint density at radius 2 is 2.17 bits per heavy atom. The molecule has 1 N–H and O–H groups in total. The van der Waals surface area contributed by atoms with Crippen molar-refractivity contribution in [3.63, 3.8) is 0 Å². The van der Waals surface area contributed by atoms with Gasteiger partial charge in [-0.25, -0.2) is 0 Å². The van der Waals surface area contributed by atoms with Crippen molar-refractivity contribution in [2.24, 2.45) is 0 Å². The van der Waals surface area contributed by atoms with Crippen molar-refractivity contribution in [3.8, 4) is 0 Å². The molecule has 0 fully saturated rings. The first kappa shape index (κ1) is 8.14. The SMILES string of the molecule is c1ccc2c(c1)CNCCCS2. The van der Waals surface area contributed by atoms with Crippen molar-refractivity contribution in [2.45, 2.75) is 17.9 Å². The zero-order valence-corrected chi connectivity index (χ0v) is 7.86. The molecule has 0 bridgehead atoms. The van der Waals surface area contributed by atoms with Crippen LogP contribution in [0.2, 0.25) is 0 Å². The van der Waals surface area contributed by atoms with Gasteiger partial charge in [0.2, 0.25) is 0 Å². The molecule has 64 valence electrons. The molecule has 1 aromatic rings. The van der Waals surface area contributed by atoms with Gasteiger partial charge in [0, 0.05) is 11.4 Å². The first-order valence-corrected chi connectivity index (χ1v) is 5.37. The van der Waals surface area contributed by atoms with Crippen molar-refractivity contribution in [1.29, 1.82) is 0 Å². The summed E-state index contributed by atoms with van der Waals surface area (Å²) in [5.74, 6) is 1.24. The zero-order chi connectivity index (χ0) is 8.23. The lowest BCUT2D eigenvalue weighted by molar-refractivity contribution is 0.667. The normalized spacial score (nSPS) is 17.7. The lowest BCUT2D eigenvalue weighted by Crippen LogP contribution is -2.17. The van der Waals surface area contributed by atoms with E-state index in [0.717, 1.165) is 13.1 Å². The van der Waals surface area contributed by atoms with E-state index in [1.54, 1.807) is 0 Å². The number of hydrogen-bond acceptors (Lipinski definition) is 2. The van der Waals surface area contributed by atoms with Crippen molar-refractivity contribution < 1.29 is 0 Å². The van der Waals surface area contributed by atoms with Crippen molar-refractivity contribution in [3.05, 3.63) is 29.8 Å². The second-order valence-corrected chi connectivity index (χ2v) is 4.12. The minimum absolute atomic E-state index is 1.03. The Bertz CT molecular complexity index is 233. The standard InChI is InChI=1S/C10H13NS/c1-2-5-10-9(4-1)8-11-6-3-7-12-10/h1-2,4-5,11H,3,6-8H2. The van der Waals surface area contributed by atoms with Crippen LogP contribution in [0, 0.1) is 0 Å². The van der Waals surface area contributed by atoms with Crippen molar-refractivity contribution >= 4 is 11.8 Å². The predicted molar refractivity (Wildman–Crippen MR) is 53.5 cm³/mol. The molecule has 1 heterocycles. The lowest BCUT2D eigenvalue weighted by Gasteiger charge is -2.13. The van der Waals surface area contributed by atoms with Gasteiger partial charge in [0.15, 0.2) is 0 Å². The Balaban J connectivity index is 2.24. The summed E-state index contributed by atoms with van der Waals surface area (Å²) in [6.45, 7) is 2.19. The summed E-state index contributed by atoms with van der Waals surface area (Å²) >= 11 is 1.98.